The average Bonchev–Trinajstić information content (AvgIpc) is 2.89. The fourth-order valence-electron chi connectivity index (χ4n) is 2.61. The average molecular weight is 248 g/mol. The highest BCUT2D eigenvalue weighted by Crippen LogP contribution is 2.30. The number of carbonyl (C=O) groups excluding carboxylic acids is 1. The molecule has 2 heterocycles. The summed E-state index contributed by atoms with van der Waals surface area (Å²) in [7, 11) is 0. The number of amides is 1. The van der Waals surface area contributed by atoms with Gasteiger partial charge in [0.2, 0.25) is 5.91 Å². The van der Waals surface area contributed by atoms with Gasteiger partial charge in [-0.05, 0) is 51.3 Å². The van der Waals surface area contributed by atoms with E-state index in [2.05, 4.69) is 5.32 Å². The lowest BCUT2D eigenvalue weighted by molar-refractivity contribution is -0.134. The van der Waals surface area contributed by atoms with E-state index in [1.807, 2.05) is 24.0 Å². The van der Waals surface area contributed by atoms with Crippen LogP contribution in [0.15, 0.2) is 16.5 Å². The van der Waals surface area contributed by atoms with Gasteiger partial charge in [0.15, 0.2) is 0 Å². The number of nitrogens with one attached hydrogen (secondary N) is 1. The van der Waals surface area contributed by atoms with Crippen LogP contribution in [-0.4, -0.2) is 29.4 Å². The number of hydrogen-bond donors (Lipinski definition) is 1. The molecule has 1 N–H and O–H groups in total. The number of carbonyl (C=O) groups is 1. The van der Waals surface area contributed by atoms with Gasteiger partial charge >= 0.3 is 0 Å². The van der Waals surface area contributed by atoms with Crippen LogP contribution in [0.3, 0.4) is 0 Å². The number of nitrogens with zero attached hydrogens (tertiary/aromatic N) is 1. The molecule has 0 radical (unpaired) electrons. The largest absolute Gasteiger partial charge is 0.464 e. The summed E-state index contributed by atoms with van der Waals surface area (Å²) in [6.45, 7) is 3.52. The molecular formula is C14H20N2O2. The molecule has 1 aliphatic carbocycles. The molecule has 0 spiro atoms. The van der Waals surface area contributed by atoms with E-state index in [1.54, 1.807) is 0 Å². The Hall–Kier alpha value is -1.29. The van der Waals surface area contributed by atoms with Crippen LogP contribution in [0.1, 0.15) is 37.2 Å². The molecule has 0 bridgehead atoms. The molecule has 1 aliphatic heterocycles. The molecule has 1 aromatic rings. The van der Waals surface area contributed by atoms with Gasteiger partial charge in [-0.3, -0.25) is 4.79 Å². The minimum absolute atomic E-state index is 0.0293. The van der Waals surface area contributed by atoms with Crippen LogP contribution in [0.2, 0.25) is 0 Å². The molecule has 1 atom stereocenters. The van der Waals surface area contributed by atoms with Gasteiger partial charge in [-0.25, -0.2) is 0 Å². The number of aryl methyl sites for hydroxylation is 1. The zero-order valence-electron chi connectivity index (χ0n) is 10.8. The predicted molar refractivity (Wildman–Crippen MR) is 68.0 cm³/mol. The first-order valence-electron chi connectivity index (χ1n) is 6.83. The van der Waals surface area contributed by atoms with Crippen molar-refractivity contribution in [2.45, 2.75) is 51.2 Å². The van der Waals surface area contributed by atoms with Gasteiger partial charge in [0, 0.05) is 6.04 Å². The smallest absolute Gasteiger partial charge is 0.240 e. The van der Waals surface area contributed by atoms with E-state index < -0.39 is 0 Å². The summed E-state index contributed by atoms with van der Waals surface area (Å²) in [4.78, 5) is 14.5. The van der Waals surface area contributed by atoms with Crippen LogP contribution in [-0.2, 0) is 11.3 Å². The number of furan rings is 1. The SMILES string of the molecule is Cc1ccc(CN(C(=O)[C@@H]2CCCN2)C2CC2)o1. The fraction of sp³-hybridized carbons (Fsp3) is 0.643. The molecule has 3 rings (SSSR count). The third-order valence-electron chi connectivity index (χ3n) is 3.75. The van der Waals surface area contributed by atoms with Crippen molar-refractivity contribution >= 4 is 5.91 Å². The van der Waals surface area contributed by atoms with Crippen molar-refractivity contribution in [2.24, 2.45) is 0 Å². The van der Waals surface area contributed by atoms with Crippen molar-refractivity contribution in [1.82, 2.24) is 10.2 Å². The van der Waals surface area contributed by atoms with Crippen LogP contribution in [0.4, 0.5) is 0 Å². The fourth-order valence-corrected chi connectivity index (χ4v) is 2.61. The van der Waals surface area contributed by atoms with Crippen molar-refractivity contribution in [2.75, 3.05) is 6.54 Å². The summed E-state index contributed by atoms with van der Waals surface area (Å²) in [6.07, 6.45) is 4.35. The Morgan fingerprint density at radius 2 is 2.28 bits per heavy atom. The molecule has 1 aromatic heterocycles. The normalized spacial score (nSPS) is 23.3. The van der Waals surface area contributed by atoms with Crippen molar-refractivity contribution in [3.8, 4) is 0 Å². The maximum Gasteiger partial charge on any atom is 0.240 e. The zero-order valence-corrected chi connectivity index (χ0v) is 10.8. The summed E-state index contributed by atoms with van der Waals surface area (Å²) < 4.78 is 5.59. The van der Waals surface area contributed by atoms with E-state index in [-0.39, 0.29) is 11.9 Å². The highest BCUT2D eigenvalue weighted by molar-refractivity contribution is 5.82. The summed E-state index contributed by atoms with van der Waals surface area (Å²) in [6, 6.07) is 4.39. The van der Waals surface area contributed by atoms with E-state index >= 15 is 0 Å². The van der Waals surface area contributed by atoms with Gasteiger partial charge in [0.25, 0.3) is 0 Å². The summed E-state index contributed by atoms with van der Waals surface area (Å²) >= 11 is 0. The third kappa shape index (κ3) is 2.43. The first kappa shape index (κ1) is 11.8. The molecular weight excluding hydrogens is 228 g/mol. The van der Waals surface area contributed by atoms with Gasteiger partial charge in [0.1, 0.15) is 11.5 Å². The van der Waals surface area contributed by atoms with Gasteiger partial charge in [-0.2, -0.15) is 0 Å². The van der Waals surface area contributed by atoms with Gasteiger partial charge in [-0.15, -0.1) is 0 Å². The highest BCUT2D eigenvalue weighted by atomic mass is 16.3. The lowest BCUT2D eigenvalue weighted by atomic mass is 10.2. The van der Waals surface area contributed by atoms with Gasteiger partial charge < -0.3 is 14.6 Å². The van der Waals surface area contributed by atoms with Crippen molar-refractivity contribution in [3.05, 3.63) is 23.7 Å². The van der Waals surface area contributed by atoms with E-state index in [9.17, 15) is 4.79 Å². The van der Waals surface area contributed by atoms with E-state index in [1.165, 1.54) is 0 Å². The molecule has 2 aliphatic rings. The molecule has 1 amide bonds. The maximum absolute atomic E-state index is 12.5. The Bertz CT molecular complexity index is 431. The standard InChI is InChI=1S/C14H20N2O2/c1-10-4-7-12(18-10)9-16(11-5-6-11)14(17)13-3-2-8-15-13/h4,7,11,13,15H,2-3,5-6,8-9H2,1H3/t13-/m0/s1. The Kier molecular flexibility index (Phi) is 3.12. The number of rotatable bonds is 4. The highest BCUT2D eigenvalue weighted by Gasteiger charge is 2.37. The van der Waals surface area contributed by atoms with E-state index in [4.69, 9.17) is 4.42 Å². The monoisotopic (exact) mass is 248 g/mol. The van der Waals surface area contributed by atoms with Crippen LogP contribution in [0.5, 0.6) is 0 Å². The minimum atomic E-state index is 0.0293. The molecule has 4 nitrogen and oxygen atoms in total. The summed E-state index contributed by atoms with van der Waals surface area (Å²) in [5, 5.41) is 3.29. The van der Waals surface area contributed by atoms with Gasteiger partial charge in [0.05, 0.1) is 12.6 Å². The minimum Gasteiger partial charge on any atom is -0.464 e. The topological polar surface area (TPSA) is 45.5 Å². The Labute approximate surface area is 107 Å². The lowest BCUT2D eigenvalue weighted by Gasteiger charge is -2.24. The van der Waals surface area contributed by atoms with Crippen molar-refractivity contribution in [3.63, 3.8) is 0 Å². The van der Waals surface area contributed by atoms with Crippen molar-refractivity contribution < 1.29 is 9.21 Å². The molecule has 2 fully saturated rings. The molecule has 0 aromatic carbocycles. The second kappa shape index (κ2) is 4.76. The lowest BCUT2D eigenvalue weighted by Crippen LogP contribution is -2.44. The molecule has 1 saturated heterocycles. The van der Waals surface area contributed by atoms with Gasteiger partial charge in [-0.1, -0.05) is 0 Å². The van der Waals surface area contributed by atoms with Crippen LogP contribution in [0.25, 0.3) is 0 Å². The predicted octanol–water partition coefficient (Wildman–Crippen LogP) is 1.83. The van der Waals surface area contributed by atoms with Crippen molar-refractivity contribution in [1.29, 1.82) is 0 Å². The maximum atomic E-state index is 12.5. The Morgan fingerprint density at radius 3 is 2.83 bits per heavy atom. The van der Waals surface area contributed by atoms with E-state index in [0.717, 1.165) is 43.7 Å². The molecule has 0 unspecified atom stereocenters. The quantitative estimate of drug-likeness (QED) is 0.884. The zero-order chi connectivity index (χ0) is 12.5. The Morgan fingerprint density at radius 1 is 1.44 bits per heavy atom. The van der Waals surface area contributed by atoms with Crippen LogP contribution < -0.4 is 5.32 Å². The van der Waals surface area contributed by atoms with Crippen LogP contribution >= 0.6 is 0 Å². The first-order valence-corrected chi connectivity index (χ1v) is 6.83. The molecule has 18 heavy (non-hydrogen) atoms. The first-order chi connectivity index (χ1) is 8.74. The Balaban J connectivity index is 1.69. The molecule has 98 valence electrons. The molecule has 1 saturated carbocycles. The summed E-state index contributed by atoms with van der Waals surface area (Å²) in [5.41, 5.74) is 0. The summed E-state index contributed by atoms with van der Waals surface area (Å²) in [5.74, 6) is 2.06. The van der Waals surface area contributed by atoms with E-state index in [0.29, 0.717) is 12.6 Å². The molecule has 4 heteroatoms. The van der Waals surface area contributed by atoms with Crippen LogP contribution in [0, 0.1) is 6.92 Å². The second-order valence-corrected chi connectivity index (χ2v) is 5.36. The number of hydrogen-bond acceptors (Lipinski definition) is 3. The second-order valence-electron chi connectivity index (χ2n) is 5.36. The third-order valence-corrected chi connectivity index (χ3v) is 3.75.